The van der Waals surface area contributed by atoms with Gasteiger partial charge in [0.05, 0.1) is 0 Å². The molecule has 0 bridgehead atoms. The van der Waals surface area contributed by atoms with E-state index in [2.05, 4.69) is 21.8 Å². The molecule has 1 amide bonds. The van der Waals surface area contributed by atoms with Gasteiger partial charge >= 0.3 is 0 Å². The summed E-state index contributed by atoms with van der Waals surface area (Å²) in [7, 11) is 3.57. The summed E-state index contributed by atoms with van der Waals surface area (Å²) >= 11 is 1.79. The van der Waals surface area contributed by atoms with Crippen molar-refractivity contribution in [2.24, 2.45) is 0 Å². The van der Waals surface area contributed by atoms with Crippen molar-refractivity contribution in [3.63, 3.8) is 0 Å². The molecule has 0 aliphatic carbocycles. The van der Waals surface area contributed by atoms with Crippen LogP contribution in [0.5, 0.6) is 0 Å². The Balaban J connectivity index is 2.67. The van der Waals surface area contributed by atoms with Crippen LogP contribution in [0.15, 0.2) is 12.1 Å². The van der Waals surface area contributed by atoms with E-state index in [-0.39, 0.29) is 11.9 Å². The largest absolute Gasteiger partial charge is 0.372 e. The summed E-state index contributed by atoms with van der Waals surface area (Å²) < 4.78 is 0. The molecule has 18 heavy (non-hydrogen) atoms. The molecular weight excluding hydrogens is 248 g/mol. The minimum atomic E-state index is -0.0845. The number of rotatable bonds is 6. The van der Waals surface area contributed by atoms with Crippen LogP contribution < -0.4 is 5.32 Å². The van der Waals surface area contributed by atoms with E-state index in [0.29, 0.717) is 11.5 Å². The summed E-state index contributed by atoms with van der Waals surface area (Å²) in [4.78, 5) is 13.9. The van der Waals surface area contributed by atoms with Crippen molar-refractivity contribution in [2.75, 3.05) is 31.4 Å². The van der Waals surface area contributed by atoms with Crippen LogP contribution in [0.2, 0.25) is 0 Å². The third kappa shape index (κ3) is 3.87. The summed E-state index contributed by atoms with van der Waals surface area (Å²) in [6.07, 6.45) is 3.04. The lowest BCUT2D eigenvalue weighted by Crippen LogP contribution is -2.36. The van der Waals surface area contributed by atoms with Crippen LogP contribution in [-0.4, -0.2) is 53.2 Å². The van der Waals surface area contributed by atoms with Crippen LogP contribution >= 0.6 is 11.8 Å². The fraction of sp³-hybridized carbons (Fsp3) is 0.583. The predicted molar refractivity (Wildman–Crippen MR) is 76.1 cm³/mol. The molecule has 0 saturated carbocycles. The first kappa shape index (κ1) is 14.8. The first-order valence-corrected chi connectivity index (χ1v) is 7.27. The Labute approximate surface area is 112 Å². The monoisotopic (exact) mass is 268 g/mol. The molecule has 1 atom stereocenters. The molecule has 0 aliphatic rings. The van der Waals surface area contributed by atoms with Crippen molar-refractivity contribution < 1.29 is 4.79 Å². The van der Waals surface area contributed by atoms with Gasteiger partial charge in [0.25, 0.3) is 5.91 Å². The molecule has 100 valence electrons. The van der Waals surface area contributed by atoms with E-state index in [1.807, 2.05) is 6.92 Å². The average Bonchev–Trinajstić information content (AvgIpc) is 2.43. The second-order valence-corrected chi connectivity index (χ2v) is 5.09. The van der Waals surface area contributed by atoms with Gasteiger partial charge < -0.3 is 10.2 Å². The number of anilines is 1. The number of thioether (sulfide) groups is 1. The van der Waals surface area contributed by atoms with Crippen LogP contribution in [0.3, 0.4) is 0 Å². The van der Waals surface area contributed by atoms with Crippen molar-refractivity contribution in [1.29, 1.82) is 0 Å². The third-order valence-corrected chi connectivity index (χ3v) is 3.51. The summed E-state index contributed by atoms with van der Waals surface area (Å²) in [5.41, 5.74) is 0.382. The van der Waals surface area contributed by atoms with Gasteiger partial charge in [-0.1, -0.05) is 0 Å². The summed E-state index contributed by atoms with van der Waals surface area (Å²) in [6.45, 7) is 2.05. The van der Waals surface area contributed by atoms with E-state index >= 15 is 0 Å². The van der Waals surface area contributed by atoms with Crippen molar-refractivity contribution >= 4 is 23.5 Å². The third-order valence-electron chi connectivity index (χ3n) is 2.86. The van der Waals surface area contributed by atoms with Gasteiger partial charge in [-0.2, -0.15) is 11.8 Å². The number of hydrogen-bond donors (Lipinski definition) is 1. The summed E-state index contributed by atoms with van der Waals surface area (Å²) in [5, 5.41) is 10.7. The summed E-state index contributed by atoms with van der Waals surface area (Å²) in [6, 6.07) is 3.65. The zero-order valence-electron chi connectivity index (χ0n) is 11.3. The zero-order chi connectivity index (χ0) is 13.5. The van der Waals surface area contributed by atoms with Gasteiger partial charge in [0.15, 0.2) is 5.69 Å². The highest BCUT2D eigenvalue weighted by Crippen LogP contribution is 2.10. The Morgan fingerprint density at radius 1 is 1.50 bits per heavy atom. The lowest BCUT2D eigenvalue weighted by Gasteiger charge is -2.24. The Hall–Kier alpha value is -1.30. The van der Waals surface area contributed by atoms with Crippen molar-refractivity contribution in [1.82, 2.24) is 15.1 Å². The van der Waals surface area contributed by atoms with E-state index in [1.165, 1.54) is 0 Å². The molecule has 0 fully saturated rings. The molecule has 0 spiro atoms. The predicted octanol–water partition coefficient (Wildman–Crippen LogP) is 1.73. The van der Waals surface area contributed by atoms with Gasteiger partial charge in [0, 0.05) is 20.1 Å². The second-order valence-electron chi connectivity index (χ2n) is 4.10. The summed E-state index contributed by atoms with van der Waals surface area (Å²) in [5.74, 6) is 1.62. The molecule has 1 aromatic rings. The molecule has 1 heterocycles. The molecule has 1 unspecified atom stereocenters. The minimum Gasteiger partial charge on any atom is -0.372 e. The number of carbonyl (C=O) groups is 1. The maximum absolute atomic E-state index is 12.1. The smallest absolute Gasteiger partial charge is 0.274 e. The topological polar surface area (TPSA) is 58.1 Å². The van der Waals surface area contributed by atoms with Gasteiger partial charge in [0.1, 0.15) is 5.82 Å². The first-order chi connectivity index (χ1) is 8.60. The maximum atomic E-state index is 12.1. The van der Waals surface area contributed by atoms with E-state index in [4.69, 9.17) is 0 Å². The molecule has 5 nitrogen and oxygen atoms in total. The van der Waals surface area contributed by atoms with E-state index in [1.54, 1.807) is 42.9 Å². The number of hydrogen-bond acceptors (Lipinski definition) is 5. The van der Waals surface area contributed by atoms with E-state index in [9.17, 15) is 4.79 Å². The van der Waals surface area contributed by atoms with Crippen molar-refractivity contribution in [2.45, 2.75) is 19.4 Å². The molecule has 0 radical (unpaired) electrons. The molecule has 1 N–H and O–H groups in total. The number of aromatic nitrogens is 2. The quantitative estimate of drug-likeness (QED) is 0.851. The molecule has 0 aromatic carbocycles. The second kappa shape index (κ2) is 7.20. The van der Waals surface area contributed by atoms with Gasteiger partial charge in [-0.15, -0.1) is 10.2 Å². The normalized spacial score (nSPS) is 12.0. The highest BCUT2D eigenvalue weighted by atomic mass is 32.2. The molecule has 0 aliphatic heterocycles. The molecule has 6 heteroatoms. The SMILES string of the molecule is CNc1ccc(C(=O)N(C)C(C)CCSC)nn1. The van der Waals surface area contributed by atoms with E-state index in [0.717, 1.165) is 12.2 Å². The molecular formula is C12H20N4OS. The van der Waals surface area contributed by atoms with Crippen LogP contribution in [-0.2, 0) is 0 Å². The minimum absolute atomic E-state index is 0.0845. The fourth-order valence-corrected chi connectivity index (χ4v) is 2.02. The molecule has 1 rings (SSSR count). The Kier molecular flexibility index (Phi) is 5.91. The van der Waals surface area contributed by atoms with E-state index < -0.39 is 0 Å². The number of carbonyl (C=O) groups excluding carboxylic acids is 1. The number of nitrogens with one attached hydrogen (secondary N) is 1. The van der Waals surface area contributed by atoms with Crippen molar-refractivity contribution in [3.05, 3.63) is 17.8 Å². The van der Waals surface area contributed by atoms with Crippen molar-refractivity contribution in [3.8, 4) is 0 Å². The van der Waals surface area contributed by atoms with Crippen LogP contribution in [0, 0.1) is 0 Å². The van der Waals surface area contributed by atoms with Gasteiger partial charge in [0.2, 0.25) is 0 Å². The van der Waals surface area contributed by atoms with Crippen LogP contribution in [0.4, 0.5) is 5.82 Å². The number of nitrogens with zero attached hydrogens (tertiary/aromatic N) is 3. The van der Waals surface area contributed by atoms with Crippen LogP contribution in [0.1, 0.15) is 23.8 Å². The lowest BCUT2D eigenvalue weighted by atomic mass is 10.2. The Morgan fingerprint density at radius 3 is 2.72 bits per heavy atom. The van der Waals surface area contributed by atoms with Gasteiger partial charge in [-0.05, 0) is 37.5 Å². The Morgan fingerprint density at radius 2 is 2.22 bits per heavy atom. The Bertz CT molecular complexity index is 382. The number of amides is 1. The highest BCUT2D eigenvalue weighted by molar-refractivity contribution is 7.98. The van der Waals surface area contributed by atoms with Crippen LogP contribution in [0.25, 0.3) is 0 Å². The zero-order valence-corrected chi connectivity index (χ0v) is 12.1. The average molecular weight is 268 g/mol. The van der Waals surface area contributed by atoms with Gasteiger partial charge in [-0.25, -0.2) is 0 Å². The maximum Gasteiger partial charge on any atom is 0.274 e. The fourth-order valence-electron chi connectivity index (χ4n) is 1.44. The van der Waals surface area contributed by atoms with Gasteiger partial charge in [-0.3, -0.25) is 4.79 Å². The first-order valence-electron chi connectivity index (χ1n) is 5.87. The molecule has 0 saturated heterocycles. The standard InChI is InChI=1S/C12H20N4OS/c1-9(7-8-18-4)16(3)12(17)10-5-6-11(13-2)15-14-10/h5-6,9H,7-8H2,1-4H3,(H,13,15). The highest BCUT2D eigenvalue weighted by Gasteiger charge is 2.18. The lowest BCUT2D eigenvalue weighted by molar-refractivity contribution is 0.0734. The molecule has 1 aromatic heterocycles.